The maximum atomic E-state index is 13.4. The molecule has 2 atom stereocenters. The number of rotatable bonds is 2. The van der Waals surface area contributed by atoms with E-state index in [1.807, 2.05) is 0 Å². The number of benzene rings is 1. The van der Waals surface area contributed by atoms with Gasteiger partial charge in [-0.15, -0.1) is 0 Å². The fourth-order valence-corrected chi connectivity index (χ4v) is 3.48. The summed E-state index contributed by atoms with van der Waals surface area (Å²) in [6.45, 7) is 2.02. The van der Waals surface area contributed by atoms with E-state index in [1.165, 1.54) is 18.2 Å². The molecule has 116 valence electrons. The van der Waals surface area contributed by atoms with E-state index in [2.05, 4.69) is 0 Å². The molecule has 5 heteroatoms. The van der Waals surface area contributed by atoms with Crippen molar-refractivity contribution in [3.8, 4) is 0 Å². The predicted octanol–water partition coefficient (Wildman–Crippen LogP) is 2.42. The van der Waals surface area contributed by atoms with Crippen molar-refractivity contribution in [2.45, 2.75) is 37.4 Å². The largest absolute Gasteiger partial charge is 0.398 e. The van der Waals surface area contributed by atoms with Gasteiger partial charge in [0.2, 0.25) is 0 Å². The summed E-state index contributed by atoms with van der Waals surface area (Å²) in [5.74, 6) is -0.327. The molecule has 2 aliphatic heterocycles. The molecule has 0 aliphatic carbocycles. The average molecular weight is 295 g/mol. The molecule has 2 unspecified atom stereocenters. The lowest BCUT2D eigenvalue weighted by atomic mass is 9.77. The van der Waals surface area contributed by atoms with Crippen LogP contribution in [-0.2, 0) is 9.47 Å². The van der Waals surface area contributed by atoms with Crippen LogP contribution in [0.3, 0.4) is 0 Å². The zero-order valence-electron chi connectivity index (χ0n) is 12.1. The van der Waals surface area contributed by atoms with Gasteiger partial charge in [0.25, 0.3) is 0 Å². The van der Waals surface area contributed by atoms with Crippen LogP contribution in [0.2, 0.25) is 0 Å². The smallest absolute Gasteiger partial charge is 0.123 e. The van der Waals surface area contributed by atoms with Crippen molar-refractivity contribution in [2.75, 3.05) is 25.6 Å². The van der Waals surface area contributed by atoms with Crippen LogP contribution in [-0.4, -0.2) is 30.5 Å². The summed E-state index contributed by atoms with van der Waals surface area (Å²) in [7, 11) is 0. The van der Waals surface area contributed by atoms with Crippen LogP contribution in [0.25, 0.3) is 0 Å². The normalized spacial score (nSPS) is 26.7. The van der Waals surface area contributed by atoms with E-state index in [0.29, 0.717) is 31.1 Å². The molecule has 21 heavy (non-hydrogen) atoms. The van der Waals surface area contributed by atoms with Gasteiger partial charge in [-0.1, -0.05) is 0 Å². The number of halogens is 1. The fraction of sp³-hybridized carbons (Fsp3) is 0.625. The second-order valence-corrected chi connectivity index (χ2v) is 6.11. The van der Waals surface area contributed by atoms with Gasteiger partial charge in [0.15, 0.2) is 0 Å². The van der Waals surface area contributed by atoms with Crippen molar-refractivity contribution in [3.63, 3.8) is 0 Å². The van der Waals surface area contributed by atoms with Crippen molar-refractivity contribution in [1.82, 2.24) is 0 Å². The fourth-order valence-electron chi connectivity index (χ4n) is 3.48. The van der Waals surface area contributed by atoms with Gasteiger partial charge in [-0.05, 0) is 49.8 Å². The Labute approximate surface area is 124 Å². The first kappa shape index (κ1) is 14.8. The molecule has 3 rings (SSSR count). The molecule has 2 heterocycles. The highest BCUT2D eigenvalue weighted by Gasteiger charge is 2.41. The second-order valence-electron chi connectivity index (χ2n) is 6.11. The van der Waals surface area contributed by atoms with Crippen LogP contribution in [0, 0.1) is 11.7 Å². The second kappa shape index (κ2) is 5.91. The number of nitrogens with two attached hydrogens (primary N) is 1. The maximum absolute atomic E-state index is 13.4. The zero-order valence-corrected chi connectivity index (χ0v) is 12.1. The number of ether oxygens (including phenoxy) is 2. The Morgan fingerprint density at radius 2 is 2.05 bits per heavy atom. The van der Waals surface area contributed by atoms with Crippen LogP contribution >= 0.6 is 0 Å². The van der Waals surface area contributed by atoms with Gasteiger partial charge in [0.1, 0.15) is 5.82 Å². The molecule has 0 radical (unpaired) electrons. The zero-order chi connectivity index (χ0) is 14.9. The molecule has 0 saturated carbocycles. The lowest BCUT2D eigenvalue weighted by Gasteiger charge is -2.44. The monoisotopic (exact) mass is 295 g/mol. The SMILES string of the molecule is Nc1ccc(F)cc1C(O)C1CCOC2(CCOCC2)C1. The molecule has 1 aromatic rings. The van der Waals surface area contributed by atoms with Gasteiger partial charge in [-0.25, -0.2) is 4.39 Å². The van der Waals surface area contributed by atoms with Crippen LogP contribution in [0.5, 0.6) is 0 Å². The first-order valence-corrected chi connectivity index (χ1v) is 7.54. The third-order valence-electron chi connectivity index (χ3n) is 4.75. The Bertz CT molecular complexity index is 497. The minimum atomic E-state index is -0.746. The standard InChI is InChI=1S/C16H22FNO3/c17-12-1-2-14(18)13(9-12)15(19)11-3-6-21-16(10-11)4-7-20-8-5-16/h1-2,9,11,15,19H,3-8,10,18H2. The van der Waals surface area contributed by atoms with Gasteiger partial charge in [0.05, 0.1) is 11.7 Å². The molecule has 0 amide bonds. The van der Waals surface area contributed by atoms with Gasteiger partial charge in [-0.3, -0.25) is 0 Å². The van der Waals surface area contributed by atoms with Crippen LogP contribution < -0.4 is 5.73 Å². The van der Waals surface area contributed by atoms with Gasteiger partial charge in [0, 0.05) is 31.1 Å². The van der Waals surface area contributed by atoms with E-state index >= 15 is 0 Å². The van der Waals surface area contributed by atoms with Crippen molar-refractivity contribution in [2.24, 2.45) is 5.92 Å². The van der Waals surface area contributed by atoms with Crippen LogP contribution in [0.4, 0.5) is 10.1 Å². The van der Waals surface area contributed by atoms with E-state index in [9.17, 15) is 9.50 Å². The molecule has 2 aliphatic rings. The summed E-state index contributed by atoms with van der Waals surface area (Å²) in [6.07, 6.45) is 2.50. The molecule has 1 spiro atoms. The number of nitrogen functional groups attached to an aromatic ring is 1. The van der Waals surface area contributed by atoms with Crippen molar-refractivity contribution in [1.29, 1.82) is 0 Å². The Hall–Kier alpha value is -1.17. The van der Waals surface area contributed by atoms with E-state index in [1.54, 1.807) is 0 Å². The first-order chi connectivity index (χ1) is 10.1. The van der Waals surface area contributed by atoms with Crippen molar-refractivity contribution >= 4 is 5.69 Å². The predicted molar refractivity (Wildman–Crippen MR) is 77.2 cm³/mol. The molecule has 2 fully saturated rings. The minimum absolute atomic E-state index is 0.0425. The minimum Gasteiger partial charge on any atom is -0.398 e. The number of hydrogen-bond acceptors (Lipinski definition) is 4. The lowest BCUT2D eigenvalue weighted by Crippen LogP contribution is -2.45. The summed E-state index contributed by atoms with van der Waals surface area (Å²) in [4.78, 5) is 0. The van der Waals surface area contributed by atoms with Crippen LogP contribution in [0.15, 0.2) is 18.2 Å². The van der Waals surface area contributed by atoms with Crippen LogP contribution in [0.1, 0.15) is 37.4 Å². The molecule has 4 nitrogen and oxygen atoms in total. The van der Waals surface area contributed by atoms with Crippen molar-refractivity contribution < 1.29 is 19.0 Å². The maximum Gasteiger partial charge on any atom is 0.123 e. The van der Waals surface area contributed by atoms with Gasteiger partial charge < -0.3 is 20.3 Å². The van der Waals surface area contributed by atoms with Gasteiger partial charge >= 0.3 is 0 Å². The number of aliphatic hydroxyl groups excluding tert-OH is 1. The molecule has 0 aromatic heterocycles. The number of anilines is 1. The molecular formula is C16H22FNO3. The topological polar surface area (TPSA) is 64.7 Å². The highest BCUT2D eigenvalue weighted by Crippen LogP contribution is 2.42. The summed E-state index contributed by atoms with van der Waals surface area (Å²) < 4.78 is 24.8. The van der Waals surface area contributed by atoms with E-state index in [0.717, 1.165) is 25.7 Å². The summed E-state index contributed by atoms with van der Waals surface area (Å²) >= 11 is 0. The number of hydrogen-bond donors (Lipinski definition) is 2. The molecule has 0 bridgehead atoms. The highest BCUT2D eigenvalue weighted by molar-refractivity contribution is 5.48. The first-order valence-electron chi connectivity index (χ1n) is 7.54. The Morgan fingerprint density at radius 3 is 2.81 bits per heavy atom. The highest BCUT2D eigenvalue weighted by atomic mass is 19.1. The third-order valence-corrected chi connectivity index (χ3v) is 4.75. The van der Waals surface area contributed by atoms with Crippen molar-refractivity contribution in [3.05, 3.63) is 29.6 Å². The van der Waals surface area contributed by atoms with Gasteiger partial charge in [-0.2, -0.15) is 0 Å². The average Bonchev–Trinajstić information content (AvgIpc) is 2.50. The van der Waals surface area contributed by atoms with E-state index in [4.69, 9.17) is 15.2 Å². The lowest BCUT2D eigenvalue weighted by molar-refractivity contribution is -0.159. The Balaban J connectivity index is 1.77. The number of aliphatic hydroxyl groups is 1. The van der Waals surface area contributed by atoms with E-state index in [-0.39, 0.29) is 17.3 Å². The van der Waals surface area contributed by atoms with E-state index < -0.39 is 6.10 Å². The molecule has 1 aromatic carbocycles. The summed E-state index contributed by atoms with van der Waals surface area (Å²) in [5, 5.41) is 10.6. The summed E-state index contributed by atoms with van der Waals surface area (Å²) in [6, 6.07) is 4.17. The Kier molecular flexibility index (Phi) is 4.15. The summed E-state index contributed by atoms with van der Waals surface area (Å²) in [5.41, 5.74) is 6.63. The third kappa shape index (κ3) is 3.05. The molecule has 3 N–H and O–H groups in total. The molecule has 2 saturated heterocycles. The quantitative estimate of drug-likeness (QED) is 0.822. The Morgan fingerprint density at radius 1 is 1.29 bits per heavy atom. The molecular weight excluding hydrogens is 273 g/mol.